The van der Waals surface area contributed by atoms with Crippen LogP contribution in [0.15, 0.2) is 24.3 Å². The first-order valence-electron chi connectivity index (χ1n) is 7.47. The number of benzene rings is 1. The standard InChI is InChI=1S/C16H19N3O5/c1-9(17-11(3)20)16(23)24-10(2)15(22)19-8-14(21)18-12-6-4-5-7-13(12)19/h4-7,9-10H,8H2,1-3H3,(H,17,20)(H,18,21)/t9-,10+/m0/s1. The van der Waals surface area contributed by atoms with Crippen LogP contribution in [-0.2, 0) is 23.9 Å². The normalized spacial score (nSPS) is 15.6. The van der Waals surface area contributed by atoms with Gasteiger partial charge in [0, 0.05) is 6.92 Å². The van der Waals surface area contributed by atoms with E-state index in [-0.39, 0.29) is 18.4 Å². The molecule has 0 aromatic heterocycles. The number of hydrogen-bond donors (Lipinski definition) is 2. The van der Waals surface area contributed by atoms with Crippen LogP contribution in [0, 0.1) is 0 Å². The SMILES string of the molecule is CC(=O)N[C@@H](C)C(=O)O[C@H](C)C(=O)N1CC(=O)Nc2ccccc21. The van der Waals surface area contributed by atoms with Gasteiger partial charge in [-0.25, -0.2) is 4.79 Å². The second-order valence-electron chi connectivity index (χ2n) is 5.49. The van der Waals surface area contributed by atoms with Crippen LogP contribution in [0.5, 0.6) is 0 Å². The Morgan fingerprint density at radius 1 is 1.25 bits per heavy atom. The minimum absolute atomic E-state index is 0.154. The maximum absolute atomic E-state index is 12.6. The Labute approximate surface area is 139 Å². The summed E-state index contributed by atoms with van der Waals surface area (Å²) in [7, 11) is 0. The summed E-state index contributed by atoms with van der Waals surface area (Å²) in [4.78, 5) is 48.5. The Balaban J connectivity index is 2.10. The average Bonchev–Trinajstić information content (AvgIpc) is 2.52. The second kappa shape index (κ2) is 7.12. The van der Waals surface area contributed by atoms with Gasteiger partial charge in [0.1, 0.15) is 12.6 Å². The smallest absolute Gasteiger partial charge is 0.329 e. The van der Waals surface area contributed by atoms with Crippen LogP contribution >= 0.6 is 0 Å². The molecule has 0 saturated carbocycles. The van der Waals surface area contributed by atoms with Crippen molar-refractivity contribution in [3.05, 3.63) is 24.3 Å². The van der Waals surface area contributed by atoms with E-state index in [1.54, 1.807) is 24.3 Å². The van der Waals surface area contributed by atoms with Gasteiger partial charge in [-0.05, 0) is 26.0 Å². The van der Waals surface area contributed by atoms with E-state index >= 15 is 0 Å². The molecule has 2 rings (SSSR count). The van der Waals surface area contributed by atoms with E-state index in [1.165, 1.54) is 25.7 Å². The van der Waals surface area contributed by atoms with E-state index in [0.29, 0.717) is 11.4 Å². The van der Waals surface area contributed by atoms with E-state index in [9.17, 15) is 19.2 Å². The van der Waals surface area contributed by atoms with Crippen molar-refractivity contribution in [2.75, 3.05) is 16.8 Å². The minimum Gasteiger partial charge on any atom is -0.451 e. The Morgan fingerprint density at radius 2 is 1.92 bits per heavy atom. The average molecular weight is 333 g/mol. The van der Waals surface area contributed by atoms with Crippen molar-refractivity contribution in [3.63, 3.8) is 0 Å². The van der Waals surface area contributed by atoms with Crippen LogP contribution in [0.4, 0.5) is 11.4 Å². The van der Waals surface area contributed by atoms with Crippen molar-refractivity contribution < 1.29 is 23.9 Å². The first-order valence-corrected chi connectivity index (χ1v) is 7.47. The zero-order chi connectivity index (χ0) is 17.9. The molecule has 1 heterocycles. The highest BCUT2D eigenvalue weighted by molar-refractivity contribution is 6.11. The molecule has 0 unspecified atom stereocenters. The number of rotatable bonds is 4. The lowest BCUT2D eigenvalue weighted by molar-refractivity contribution is -0.156. The van der Waals surface area contributed by atoms with Crippen LogP contribution in [0.1, 0.15) is 20.8 Å². The molecule has 8 heteroatoms. The fourth-order valence-electron chi connectivity index (χ4n) is 2.34. The summed E-state index contributed by atoms with van der Waals surface area (Å²) >= 11 is 0. The van der Waals surface area contributed by atoms with E-state index in [4.69, 9.17) is 4.74 Å². The third-order valence-electron chi connectivity index (χ3n) is 3.45. The Morgan fingerprint density at radius 3 is 2.58 bits per heavy atom. The van der Waals surface area contributed by atoms with Gasteiger partial charge in [0.15, 0.2) is 6.10 Å². The molecule has 1 aromatic carbocycles. The lowest BCUT2D eigenvalue weighted by Gasteiger charge is -2.31. The van der Waals surface area contributed by atoms with Crippen LogP contribution in [0.25, 0.3) is 0 Å². The number of nitrogens with one attached hydrogen (secondary N) is 2. The maximum Gasteiger partial charge on any atom is 0.329 e. The molecule has 3 amide bonds. The molecule has 128 valence electrons. The molecule has 0 bridgehead atoms. The van der Waals surface area contributed by atoms with Crippen LogP contribution in [-0.4, -0.2) is 42.4 Å². The monoisotopic (exact) mass is 333 g/mol. The van der Waals surface area contributed by atoms with Gasteiger partial charge in [-0.2, -0.15) is 0 Å². The van der Waals surface area contributed by atoms with Crippen molar-refractivity contribution in [1.82, 2.24) is 5.32 Å². The van der Waals surface area contributed by atoms with E-state index < -0.39 is 24.0 Å². The maximum atomic E-state index is 12.6. The molecule has 0 spiro atoms. The minimum atomic E-state index is -1.09. The zero-order valence-electron chi connectivity index (χ0n) is 13.7. The molecule has 0 saturated heterocycles. The van der Waals surface area contributed by atoms with Crippen molar-refractivity contribution in [2.45, 2.75) is 32.9 Å². The van der Waals surface area contributed by atoms with Crippen LogP contribution in [0.3, 0.4) is 0 Å². The zero-order valence-corrected chi connectivity index (χ0v) is 13.7. The lowest BCUT2D eigenvalue weighted by Crippen LogP contribution is -2.48. The number of ether oxygens (including phenoxy) is 1. The molecule has 0 aliphatic carbocycles. The molecule has 1 aromatic rings. The Hall–Kier alpha value is -2.90. The first-order chi connectivity index (χ1) is 11.3. The van der Waals surface area contributed by atoms with Gasteiger partial charge in [-0.15, -0.1) is 0 Å². The van der Waals surface area contributed by atoms with Gasteiger partial charge in [-0.3, -0.25) is 19.3 Å². The van der Waals surface area contributed by atoms with Crippen LogP contribution in [0.2, 0.25) is 0 Å². The van der Waals surface area contributed by atoms with Gasteiger partial charge >= 0.3 is 5.97 Å². The van der Waals surface area contributed by atoms with Gasteiger partial charge < -0.3 is 15.4 Å². The molecule has 2 atom stereocenters. The van der Waals surface area contributed by atoms with Gasteiger partial charge in [0.25, 0.3) is 5.91 Å². The quantitative estimate of drug-likeness (QED) is 0.778. The molecular weight excluding hydrogens is 314 g/mol. The summed E-state index contributed by atoms with van der Waals surface area (Å²) in [5.74, 6) is -1.94. The topological polar surface area (TPSA) is 105 Å². The number of carbonyl (C=O) groups is 4. The second-order valence-corrected chi connectivity index (χ2v) is 5.49. The number of esters is 1. The molecule has 1 aliphatic rings. The first kappa shape index (κ1) is 17.5. The molecule has 2 N–H and O–H groups in total. The largest absolute Gasteiger partial charge is 0.451 e. The van der Waals surface area contributed by atoms with E-state index in [0.717, 1.165) is 0 Å². The summed E-state index contributed by atoms with van der Waals surface area (Å²) in [6.45, 7) is 4.01. The third kappa shape index (κ3) is 3.89. The van der Waals surface area contributed by atoms with E-state index in [1.807, 2.05) is 0 Å². The number of fused-ring (bicyclic) bond motifs is 1. The molecule has 8 nitrogen and oxygen atoms in total. The number of hydrogen-bond acceptors (Lipinski definition) is 5. The highest BCUT2D eigenvalue weighted by Crippen LogP contribution is 2.29. The molecule has 24 heavy (non-hydrogen) atoms. The molecule has 0 fully saturated rings. The predicted molar refractivity (Wildman–Crippen MR) is 86.3 cm³/mol. The predicted octanol–water partition coefficient (Wildman–Crippen LogP) is 0.428. The Kier molecular flexibility index (Phi) is 5.18. The number of nitrogens with zero attached hydrogens (tertiary/aromatic N) is 1. The number of carbonyl (C=O) groups excluding carboxylic acids is 4. The summed E-state index contributed by atoms with van der Waals surface area (Å²) in [5.41, 5.74) is 1.06. The number of amides is 3. The highest BCUT2D eigenvalue weighted by atomic mass is 16.5. The van der Waals surface area contributed by atoms with E-state index in [2.05, 4.69) is 10.6 Å². The summed E-state index contributed by atoms with van der Waals surface area (Å²) in [6.07, 6.45) is -1.09. The van der Waals surface area contributed by atoms with Crippen molar-refractivity contribution in [3.8, 4) is 0 Å². The number of anilines is 2. The number of para-hydroxylation sites is 2. The van der Waals surface area contributed by atoms with Crippen molar-refractivity contribution in [1.29, 1.82) is 0 Å². The fourth-order valence-corrected chi connectivity index (χ4v) is 2.34. The molecular formula is C16H19N3O5. The lowest BCUT2D eigenvalue weighted by atomic mass is 10.1. The summed E-state index contributed by atoms with van der Waals surface area (Å²) in [6, 6.07) is 6.00. The fraction of sp³-hybridized carbons (Fsp3) is 0.375. The summed E-state index contributed by atoms with van der Waals surface area (Å²) in [5, 5.41) is 5.06. The van der Waals surface area contributed by atoms with Gasteiger partial charge in [0.2, 0.25) is 11.8 Å². The van der Waals surface area contributed by atoms with Crippen LogP contribution < -0.4 is 15.5 Å². The molecule has 1 aliphatic heterocycles. The summed E-state index contributed by atoms with van der Waals surface area (Å²) < 4.78 is 5.10. The van der Waals surface area contributed by atoms with Gasteiger partial charge in [-0.1, -0.05) is 12.1 Å². The van der Waals surface area contributed by atoms with Crippen molar-refractivity contribution in [2.24, 2.45) is 0 Å². The Bertz CT molecular complexity index is 688. The van der Waals surface area contributed by atoms with Gasteiger partial charge in [0.05, 0.1) is 11.4 Å². The molecule has 0 radical (unpaired) electrons. The van der Waals surface area contributed by atoms with Crippen molar-refractivity contribution >= 4 is 35.1 Å². The third-order valence-corrected chi connectivity index (χ3v) is 3.45. The highest BCUT2D eigenvalue weighted by Gasteiger charge is 2.32.